The molecule has 1 aliphatic heterocycles. The van der Waals surface area contributed by atoms with Crippen LogP contribution >= 0.6 is 0 Å². The Hall–Kier alpha value is -0.930. The molecule has 15 heavy (non-hydrogen) atoms. The molecule has 0 saturated carbocycles. The Morgan fingerprint density at radius 1 is 1.47 bits per heavy atom. The zero-order valence-corrected chi connectivity index (χ0v) is 8.75. The summed E-state index contributed by atoms with van der Waals surface area (Å²) in [5.74, 6) is 0.322. The maximum absolute atomic E-state index is 13.0. The van der Waals surface area contributed by atoms with Crippen molar-refractivity contribution in [2.75, 3.05) is 13.1 Å². The molecule has 1 aromatic carbocycles. The topological polar surface area (TPSA) is 38.0 Å². The van der Waals surface area contributed by atoms with Gasteiger partial charge >= 0.3 is 0 Å². The molecule has 1 aromatic rings. The molecule has 3 heteroatoms. The van der Waals surface area contributed by atoms with Crippen molar-refractivity contribution in [1.82, 2.24) is 5.32 Å². The van der Waals surface area contributed by atoms with Crippen molar-refractivity contribution >= 4 is 0 Å². The van der Waals surface area contributed by atoms with Crippen LogP contribution in [-0.2, 0) is 6.42 Å². The maximum atomic E-state index is 13.0. The summed E-state index contributed by atoms with van der Waals surface area (Å²) in [6.45, 7) is 1.90. The molecule has 3 N–H and O–H groups in total. The van der Waals surface area contributed by atoms with E-state index in [2.05, 4.69) is 5.32 Å². The molecule has 2 rings (SSSR count). The number of piperidine rings is 1. The molecule has 0 amide bonds. The standard InChI is InChI=1S/C12H17FN2/c13-11-3-1-2-9(7-11)6-10-4-5-15-8-12(10)14/h1-3,7,10,12,15H,4-6,8,14H2. The molecule has 82 valence electrons. The van der Waals surface area contributed by atoms with Gasteiger partial charge in [-0.15, -0.1) is 0 Å². The highest BCUT2D eigenvalue weighted by Gasteiger charge is 2.21. The van der Waals surface area contributed by atoms with E-state index in [4.69, 9.17) is 5.73 Å². The fourth-order valence-electron chi connectivity index (χ4n) is 2.16. The fraction of sp³-hybridized carbons (Fsp3) is 0.500. The lowest BCUT2D eigenvalue weighted by atomic mass is 9.87. The van der Waals surface area contributed by atoms with Crippen LogP contribution in [0.25, 0.3) is 0 Å². The largest absolute Gasteiger partial charge is 0.326 e. The Kier molecular flexibility index (Phi) is 3.34. The van der Waals surface area contributed by atoms with Gasteiger partial charge in [-0.25, -0.2) is 4.39 Å². The first-order valence-electron chi connectivity index (χ1n) is 5.46. The number of halogens is 1. The lowest BCUT2D eigenvalue weighted by molar-refractivity contribution is 0.322. The highest BCUT2D eigenvalue weighted by molar-refractivity contribution is 5.17. The first kappa shape index (κ1) is 10.6. The first-order valence-corrected chi connectivity index (χ1v) is 5.46. The van der Waals surface area contributed by atoms with Crippen LogP contribution in [0.4, 0.5) is 4.39 Å². The van der Waals surface area contributed by atoms with Crippen LogP contribution in [0.2, 0.25) is 0 Å². The first-order chi connectivity index (χ1) is 7.25. The van der Waals surface area contributed by atoms with Crippen molar-refractivity contribution < 1.29 is 4.39 Å². The molecule has 1 saturated heterocycles. The molecular weight excluding hydrogens is 191 g/mol. The monoisotopic (exact) mass is 208 g/mol. The summed E-state index contributed by atoms with van der Waals surface area (Å²) in [6.07, 6.45) is 1.97. The van der Waals surface area contributed by atoms with E-state index < -0.39 is 0 Å². The maximum Gasteiger partial charge on any atom is 0.123 e. The predicted octanol–water partition coefficient (Wildman–Crippen LogP) is 1.30. The molecule has 0 radical (unpaired) electrons. The molecule has 0 bridgehead atoms. The Morgan fingerprint density at radius 2 is 2.33 bits per heavy atom. The van der Waals surface area contributed by atoms with Crippen LogP contribution in [0.5, 0.6) is 0 Å². The van der Waals surface area contributed by atoms with E-state index >= 15 is 0 Å². The number of benzene rings is 1. The van der Waals surface area contributed by atoms with Gasteiger partial charge in [0.2, 0.25) is 0 Å². The van der Waals surface area contributed by atoms with Gasteiger partial charge in [-0.05, 0) is 43.0 Å². The Bertz CT molecular complexity index is 327. The van der Waals surface area contributed by atoms with Gasteiger partial charge in [-0.1, -0.05) is 12.1 Å². The molecule has 0 spiro atoms. The highest BCUT2D eigenvalue weighted by atomic mass is 19.1. The summed E-state index contributed by atoms with van der Waals surface area (Å²) in [6, 6.07) is 7.01. The summed E-state index contributed by atoms with van der Waals surface area (Å²) >= 11 is 0. The molecule has 2 unspecified atom stereocenters. The average Bonchev–Trinajstić information content (AvgIpc) is 2.22. The van der Waals surface area contributed by atoms with E-state index in [1.165, 1.54) is 6.07 Å². The van der Waals surface area contributed by atoms with Gasteiger partial charge in [0.25, 0.3) is 0 Å². The molecule has 2 atom stereocenters. The van der Waals surface area contributed by atoms with Crippen molar-refractivity contribution in [2.45, 2.75) is 18.9 Å². The fourth-order valence-corrected chi connectivity index (χ4v) is 2.16. The summed E-state index contributed by atoms with van der Waals surface area (Å²) in [4.78, 5) is 0. The van der Waals surface area contributed by atoms with E-state index in [1.807, 2.05) is 6.07 Å². The summed E-state index contributed by atoms with van der Waals surface area (Å²) in [5.41, 5.74) is 7.06. The SMILES string of the molecule is NC1CNCCC1Cc1cccc(F)c1. The number of hydrogen-bond acceptors (Lipinski definition) is 2. The lowest BCUT2D eigenvalue weighted by Crippen LogP contribution is -2.46. The second kappa shape index (κ2) is 4.73. The quantitative estimate of drug-likeness (QED) is 0.769. The average molecular weight is 208 g/mol. The number of nitrogens with two attached hydrogens (primary N) is 1. The normalized spacial score (nSPS) is 26.5. The molecule has 2 nitrogen and oxygen atoms in total. The summed E-state index contributed by atoms with van der Waals surface area (Å²) < 4.78 is 13.0. The van der Waals surface area contributed by atoms with Gasteiger partial charge in [0, 0.05) is 12.6 Å². The zero-order chi connectivity index (χ0) is 10.7. The third-order valence-corrected chi connectivity index (χ3v) is 3.06. The predicted molar refractivity (Wildman–Crippen MR) is 59.1 cm³/mol. The second-order valence-corrected chi connectivity index (χ2v) is 4.25. The van der Waals surface area contributed by atoms with Crippen LogP contribution in [0.15, 0.2) is 24.3 Å². The van der Waals surface area contributed by atoms with Gasteiger partial charge in [-0.2, -0.15) is 0 Å². The number of nitrogens with one attached hydrogen (secondary N) is 1. The van der Waals surface area contributed by atoms with Crippen molar-refractivity contribution in [3.63, 3.8) is 0 Å². The second-order valence-electron chi connectivity index (χ2n) is 4.25. The minimum atomic E-state index is -0.157. The molecule has 0 aliphatic carbocycles. The lowest BCUT2D eigenvalue weighted by Gasteiger charge is -2.29. The van der Waals surface area contributed by atoms with Crippen LogP contribution in [0, 0.1) is 11.7 Å². The molecule has 1 heterocycles. The van der Waals surface area contributed by atoms with Crippen LogP contribution < -0.4 is 11.1 Å². The van der Waals surface area contributed by atoms with Crippen molar-refractivity contribution in [3.8, 4) is 0 Å². The van der Waals surface area contributed by atoms with Crippen LogP contribution in [-0.4, -0.2) is 19.1 Å². The highest BCUT2D eigenvalue weighted by Crippen LogP contribution is 2.17. The minimum Gasteiger partial charge on any atom is -0.326 e. The van der Waals surface area contributed by atoms with Gasteiger partial charge in [0.1, 0.15) is 5.82 Å². The third kappa shape index (κ3) is 2.76. The number of hydrogen-bond donors (Lipinski definition) is 2. The van der Waals surface area contributed by atoms with Gasteiger partial charge < -0.3 is 11.1 Å². The zero-order valence-electron chi connectivity index (χ0n) is 8.75. The Morgan fingerprint density at radius 3 is 3.07 bits per heavy atom. The van der Waals surface area contributed by atoms with E-state index in [0.717, 1.165) is 31.5 Å². The van der Waals surface area contributed by atoms with Crippen molar-refractivity contribution in [3.05, 3.63) is 35.6 Å². The molecule has 0 aromatic heterocycles. The molecular formula is C12H17FN2. The van der Waals surface area contributed by atoms with Gasteiger partial charge in [-0.3, -0.25) is 0 Å². The minimum absolute atomic E-state index is 0.157. The van der Waals surface area contributed by atoms with Crippen LogP contribution in [0.1, 0.15) is 12.0 Å². The third-order valence-electron chi connectivity index (χ3n) is 3.06. The van der Waals surface area contributed by atoms with E-state index in [0.29, 0.717) is 5.92 Å². The van der Waals surface area contributed by atoms with Crippen molar-refractivity contribution in [2.24, 2.45) is 11.7 Å². The van der Waals surface area contributed by atoms with Crippen molar-refractivity contribution in [1.29, 1.82) is 0 Å². The van der Waals surface area contributed by atoms with Gasteiger partial charge in [0.05, 0.1) is 0 Å². The van der Waals surface area contributed by atoms with E-state index in [9.17, 15) is 4.39 Å². The molecule has 1 fully saturated rings. The smallest absolute Gasteiger partial charge is 0.123 e. The molecule has 1 aliphatic rings. The number of rotatable bonds is 2. The van der Waals surface area contributed by atoms with E-state index in [1.54, 1.807) is 12.1 Å². The van der Waals surface area contributed by atoms with Gasteiger partial charge in [0.15, 0.2) is 0 Å². The van der Waals surface area contributed by atoms with Crippen LogP contribution in [0.3, 0.4) is 0 Å². The summed E-state index contributed by atoms with van der Waals surface area (Å²) in [7, 11) is 0. The Labute approximate surface area is 89.7 Å². The summed E-state index contributed by atoms with van der Waals surface area (Å²) in [5, 5.41) is 3.26. The Balaban J connectivity index is 2.01. The van der Waals surface area contributed by atoms with E-state index in [-0.39, 0.29) is 11.9 Å².